The van der Waals surface area contributed by atoms with E-state index in [9.17, 15) is 9.90 Å². The molecule has 128 valence electrons. The minimum absolute atomic E-state index is 0.244. The zero-order chi connectivity index (χ0) is 16.8. The summed E-state index contributed by atoms with van der Waals surface area (Å²) in [5, 5.41) is 17.7. The normalized spacial score (nSPS) is 15.5. The van der Waals surface area contributed by atoms with E-state index in [4.69, 9.17) is 0 Å². The molecule has 0 bridgehead atoms. The molecule has 24 heavy (non-hydrogen) atoms. The predicted molar refractivity (Wildman–Crippen MR) is 96.0 cm³/mol. The Hall–Kier alpha value is -1.89. The Morgan fingerprint density at radius 1 is 1.21 bits per heavy atom. The molecule has 5 nitrogen and oxygen atoms in total. The highest BCUT2D eigenvalue weighted by Gasteiger charge is 2.18. The van der Waals surface area contributed by atoms with Crippen LogP contribution in [0.3, 0.4) is 0 Å². The summed E-state index contributed by atoms with van der Waals surface area (Å²) in [5.74, 6) is 0. The van der Waals surface area contributed by atoms with Crippen LogP contribution in [0.2, 0.25) is 0 Å². The first kappa shape index (κ1) is 17.0. The molecule has 3 N–H and O–H groups in total. The van der Waals surface area contributed by atoms with Gasteiger partial charge in [-0.15, -0.1) is 11.3 Å². The molecule has 6 heteroatoms. The zero-order valence-electron chi connectivity index (χ0n) is 13.6. The number of nitrogens with one attached hydrogen (secondary N) is 2. The van der Waals surface area contributed by atoms with Crippen LogP contribution in [0.1, 0.15) is 16.0 Å². The van der Waals surface area contributed by atoms with Gasteiger partial charge in [-0.05, 0) is 29.0 Å². The molecule has 0 saturated heterocycles. The minimum Gasteiger partial charge on any atom is -0.390 e. The molecule has 0 unspecified atom stereocenters. The van der Waals surface area contributed by atoms with E-state index in [1.54, 1.807) is 11.3 Å². The van der Waals surface area contributed by atoms with Gasteiger partial charge in [-0.25, -0.2) is 4.79 Å². The van der Waals surface area contributed by atoms with E-state index in [2.05, 4.69) is 39.8 Å². The standard InChI is InChI=1S/C18H23N3O2S/c22-16(10-19-18(23)20-11-17-6-3-9-24-17)13-21-8-7-14-4-1-2-5-15(14)12-21/h1-6,9,16,22H,7-8,10-13H2,(H2,19,20,23)/t16-/m0/s1. The summed E-state index contributed by atoms with van der Waals surface area (Å²) in [6, 6.07) is 12.1. The number of aliphatic hydroxyl groups is 1. The van der Waals surface area contributed by atoms with Crippen LogP contribution in [0.5, 0.6) is 0 Å². The van der Waals surface area contributed by atoms with Crippen molar-refractivity contribution in [3.63, 3.8) is 0 Å². The van der Waals surface area contributed by atoms with Gasteiger partial charge >= 0.3 is 6.03 Å². The first-order valence-corrected chi connectivity index (χ1v) is 9.10. The Labute approximate surface area is 146 Å². The summed E-state index contributed by atoms with van der Waals surface area (Å²) < 4.78 is 0. The highest BCUT2D eigenvalue weighted by molar-refractivity contribution is 7.09. The molecule has 1 atom stereocenters. The Morgan fingerprint density at radius 2 is 2.04 bits per heavy atom. The van der Waals surface area contributed by atoms with Crippen molar-refractivity contribution in [2.24, 2.45) is 0 Å². The lowest BCUT2D eigenvalue weighted by Crippen LogP contribution is -2.44. The molecule has 0 radical (unpaired) electrons. The van der Waals surface area contributed by atoms with E-state index in [-0.39, 0.29) is 12.6 Å². The van der Waals surface area contributed by atoms with Gasteiger partial charge in [-0.2, -0.15) is 0 Å². The molecule has 0 fully saturated rings. The first-order chi connectivity index (χ1) is 11.7. The van der Waals surface area contributed by atoms with Crippen molar-refractivity contribution < 1.29 is 9.90 Å². The summed E-state index contributed by atoms with van der Waals surface area (Å²) in [4.78, 5) is 15.1. The molecular formula is C18H23N3O2S. The molecule has 0 aliphatic carbocycles. The van der Waals surface area contributed by atoms with Gasteiger partial charge in [-0.1, -0.05) is 30.3 Å². The maximum Gasteiger partial charge on any atom is 0.315 e. The Kier molecular flexibility index (Phi) is 5.85. The molecule has 1 aliphatic rings. The highest BCUT2D eigenvalue weighted by atomic mass is 32.1. The van der Waals surface area contributed by atoms with Gasteiger partial charge in [0, 0.05) is 31.1 Å². The van der Waals surface area contributed by atoms with Crippen LogP contribution in [0.4, 0.5) is 4.79 Å². The van der Waals surface area contributed by atoms with Gasteiger partial charge in [0.05, 0.1) is 12.6 Å². The fraction of sp³-hybridized carbons (Fsp3) is 0.389. The van der Waals surface area contributed by atoms with E-state index in [0.717, 1.165) is 24.4 Å². The number of fused-ring (bicyclic) bond motifs is 1. The monoisotopic (exact) mass is 345 g/mol. The van der Waals surface area contributed by atoms with E-state index in [1.807, 2.05) is 17.5 Å². The number of urea groups is 1. The van der Waals surface area contributed by atoms with Crippen molar-refractivity contribution in [3.05, 3.63) is 57.8 Å². The van der Waals surface area contributed by atoms with Crippen LogP contribution >= 0.6 is 11.3 Å². The van der Waals surface area contributed by atoms with Crippen LogP contribution < -0.4 is 10.6 Å². The maximum absolute atomic E-state index is 11.8. The Bertz CT molecular complexity index is 660. The molecule has 2 aromatic rings. The molecule has 1 aromatic heterocycles. The Morgan fingerprint density at radius 3 is 2.83 bits per heavy atom. The van der Waals surface area contributed by atoms with Crippen molar-refractivity contribution in [2.45, 2.75) is 25.6 Å². The van der Waals surface area contributed by atoms with Crippen molar-refractivity contribution in [1.82, 2.24) is 15.5 Å². The lowest BCUT2D eigenvalue weighted by Gasteiger charge is -2.30. The second kappa shape index (κ2) is 8.28. The molecule has 0 saturated carbocycles. The highest BCUT2D eigenvalue weighted by Crippen LogP contribution is 2.18. The first-order valence-electron chi connectivity index (χ1n) is 8.22. The maximum atomic E-state index is 11.8. The molecule has 0 spiro atoms. The number of thiophene rings is 1. The quantitative estimate of drug-likeness (QED) is 0.750. The smallest absolute Gasteiger partial charge is 0.315 e. The number of rotatable bonds is 6. The summed E-state index contributed by atoms with van der Waals surface area (Å²) in [6.45, 7) is 3.15. The van der Waals surface area contributed by atoms with Gasteiger partial charge in [0.15, 0.2) is 0 Å². The molecule has 2 heterocycles. The van der Waals surface area contributed by atoms with E-state index >= 15 is 0 Å². The summed E-state index contributed by atoms with van der Waals surface area (Å²) in [5.41, 5.74) is 2.73. The predicted octanol–water partition coefficient (Wildman–Crippen LogP) is 1.97. The van der Waals surface area contributed by atoms with Crippen LogP contribution in [0.15, 0.2) is 41.8 Å². The molecule has 3 rings (SSSR count). The average molecular weight is 345 g/mol. The van der Waals surface area contributed by atoms with Gasteiger partial charge in [0.1, 0.15) is 0 Å². The van der Waals surface area contributed by atoms with Gasteiger partial charge in [-0.3, -0.25) is 4.90 Å². The third-order valence-corrected chi connectivity index (χ3v) is 5.06. The molecule has 1 aliphatic heterocycles. The summed E-state index contributed by atoms with van der Waals surface area (Å²) >= 11 is 1.61. The number of β-amino-alcohol motifs (C(OH)–C–C–N with tert-alkyl or cyclic N) is 1. The molecule has 1 aromatic carbocycles. The van der Waals surface area contributed by atoms with Crippen LogP contribution in [-0.2, 0) is 19.5 Å². The minimum atomic E-state index is -0.567. The topological polar surface area (TPSA) is 64.6 Å². The van der Waals surface area contributed by atoms with Crippen molar-refractivity contribution in [3.8, 4) is 0 Å². The number of carbonyl (C=O) groups excluding carboxylic acids is 1. The number of benzene rings is 1. The van der Waals surface area contributed by atoms with Crippen LogP contribution in [0.25, 0.3) is 0 Å². The SMILES string of the molecule is O=C(NCc1cccs1)NC[C@H](O)CN1CCc2ccccc2C1. The largest absolute Gasteiger partial charge is 0.390 e. The van der Waals surface area contributed by atoms with Gasteiger partial charge < -0.3 is 15.7 Å². The zero-order valence-corrected chi connectivity index (χ0v) is 14.4. The fourth-order valence-corrected chi connectivity index (χ4v) is 3.57. The Balaban J connectivity index is 1.37. The van der Waals surface area contributed by atoms with Crippen LogP contribution in [0, 0.1) is 0 Å². The van der Waals surface area contributed by atoms with E-state index in [1.165, 1.54) is 11.1 Å². The molecule has 2 amide bonds. The number of carbonyl (C=O) groups is 1. The third-order valence-electron chi connectivity index (χ3n) is 4.18. The number of hydrogen-bond donors (Lipinski definition) is 3. The van der Waals surface area contributed by atoms with Gasteiger partial charge in [0.25, 0.3) is 0 Å². The van der Waals surface area contributed by atoms with Crippen molar-refractivity contribution in [2.75, 3.05) is 19.6 Å². The summed E-state index contributed by atoms with van der Waals surface area (Å²) in [7, 11) is 0. The third kappa shape index (κ3) is 4.80. The number of hydrogen-bond acceptors (Lipinski definition) is 4. The second-order valence-electron chi connectivity index (χ2n) is 6.05. The second-order valence-corrected chi connectivity index (χ2v) is 7.08. The lowest BCUT2D eigenvalue weighted by molar-refractivity contribution is 0.105. The number of nitrogens with zero attached hydrogens (tertiary/aromatic N) is 1. The van der Waals surface area contributed by atoms with E-state index < -0.39 is 6.10 Å². The van der Waals surface area contributed by atoms with E-state index in [0.29, 0.717) is 13.1 Å². The molecular weight excluding hydrogens is 322 g/mol. The van der Waals surface area contributed by atoms with Crippen molar-refractivity contribution >= 4 is 17.4 Å². The average Bonchev–Trinajstić information content (AvgIpc) is 3.11. The number of aliphatic hydroxyl groups excluding tert-OH is 1. The number of amides is 2. The van der Waals surface area contributed by atoms with Crippen molar-refractivity contribution in [1.29, 1.82) is 0 Å². The summed E-state index contributed by atoms with van der Waals surface area (Å²) in [6.07, 6.45) is 0.445. The lowest BCUT2D eigenvalue weighted by atomic mass is 10.00. The van der Waals surface area contributed by atoms with Gasteiger partial charge in [0.2, 0.25) is 0 Å². The fourth-order valence-electron chi connectivity index (χ4n) is 2.93. The van der Waals surface area contributed by atoms with Crippen LogP contribution in [-0.4, -0.2) is 41.8 Å².